The molecule has 1 aromatic carbocycles. The molecule has 3 nitrogen and oxygen atoms in total. The Labute approximate surface area is 90.7 Å². The quantitative estimate of drug-likeness (QED) is 0.847. The van der Waals surface area contributed by atoms with Crippen LogP contribution in [0.1, 0.15) is 18.9 Å². The van der Waals surface area contributed by atoms with Crippen LogP contribution in [0.4, 0.5) is 0 Å². The second-order valence-corrected chi connectivity index (χ2v) is 5.70. The van der Waals surface area contributed by atoms with Gasteiger partial charge in [0.15, 0.2) is 9.84 Å². The molecule has 1 atom stereocenters. The highest BCUT2D eigenvalue weighted by atomic mass is 32.2. The van der Waals surface area contributed by atoms with E-state index in [4.69, 9.17) is 0 Å². The van der Waals surface area contributed by atoms with E-state index in [2.05, 4.69) is 0 Å². The molecule has 4 heteroatoms. The van der Waals surface area contributed by atoms with E-state index in [-0.39, 0.29) is 6.10 Å². The predicted molar refractivity (Wildman–Crippen MR) is 59.6 cm³/mol. The van der Waals surface area contributed by atoms with Gasteiger partial charge in [0.2, 0.25) is 0 Å². The fourth-order valence-corrected chi connectivity index (χ4v) is 1.92. The van der Waals surface area contributed by atoms with Crippen molar-refractivity contribution >= 4 is 9.84 Å². The maximum Gasteiger partial charge on any atom is 0.175 e. The van der Waals surface area contributed by atoms with Crippen LogP contribution in [0.15, 0.2) is 29.2 Å². The molecule has 0 amide bonds. The van der Waals surface area contributed by atoms with Gasteiger partial charge in [-0.3, -0.25) is 0 Å². The van der Waals surface area contributed by atoms with Gasteiger partial charge >= 0.3 is 0 Å². The molecule has 0 radical (unpaired) electrons. The number of benzene rings is 1. The fraction of sp³-hybridized carbons (Fsp3) is 0.455. The van der Waals surface area contributed by atoms with Gasteiger partial charge in [-0.05, 0) is 30.5 Å². The van der Waals surface area contributed by atoms with Crippen LogP contribution >= 0.6 is 0 Å². The van der Waals surface area contributed by atoms with Crippen molar-refractivity contribution in [3.05, 3.63) is 29.8 Å². The lowest BCUT2D eigenvalue weighted by Crippen LogP contribution is -2.08. The van der Waals surface area contributed by atoms with Gasteiger partial charge in [-0.2, -0.15) is 0 Å². The SMILES string of the molecule is CCC(O)Cc1ccc(S(C)(=O)=O)cc1. The van der Waals surface area contributed by atoms with E-state index in [1.165, 1.54) is 6.26 Å². The van der Waals surface area contributed by atoms with Crippen LogP contribution in [0.5, 0.6) is 0 Å². The van der Waals surface area contributed by atoms with Crippen LogP contribution in [0.25, 0.3) is 0 Å². The Morgan fingerprint density at radius 3 is 2.20 bits per heavy atom. The molecule has 1 rings (SSSR count). The van der Waals surface area contributed by atoms with Crippen LogP contribution in [0.2, 0.25) is 0 Å². The zero-order chi connectivity index (χ0) is 11.5. The first-order chi connectivity index (χ1) is 6.93. The van der Waals surface area contributed by atoms with E-state index in [1.807, 2.05) is 6.92 Å². The highest BCUT2D eigenvalue weighted by molar-refractivity contribution is 7.90. The molecule has 0 saturated heterocycles. The van der Waals surface area contributed by atoms with Crippen molar-refractivity contribution in [3.63, 3.8) is 0 Å². The Bertz CT molecular complexity index is 406. The predicted octanol–water partition coefficient (Wildman–Crippen LogP) is 1.40. The Kier molecular flexibility index (Phi) is 3.88. The van der Waals surface area contributed by atoms with Crippen molar-refractivity contribution in [2.75, 3.05) is 6.26 Å². The smallest absolute Gasteiger partial charge is 0.175 e. The summed E-state index contributed by atoms with van der Waals surface area (Å²) >= 11 is 0. The minimum atomic E-state index is -3.12. The van der Waals surface area contributed by atoms with Crippen LogP contribution < -0.4 is 0 Å². The van der Waals surface area contributed by atoms with Crippen LogP contribution in [-0.4, -0.2) is 25.9 Å². The average molecular weight is 228 g/mol. The molecule has 0 fully saturated rings. The number of hydrogen-bond acceptors (Lipinski definition) is 3. The second-order valence-electron chi connectivity index (χ2n) is 3.68. The second kappa shape index (κ2) is 4.77. The van der Waals surface area contributed by atoms with Gasteiger partial charge < -0.3 is 5.11 Å². The molecule has 1 aromatic rings. The summed E-state index contributed by atoms with van der Waals surface area (Å²) in [4.78, 5) is 0.317. The third-order valence-electron chi connectivity index (χ3n) is 2.29. The number of sulfone groups is 1. The van der Waals surface area contributed by atoms with Gasteiger partial charge in [-0.25, -0.2) is 8.42 Å². The van der Waals surface area contributed by atoms with Gasteiger partial charge in [0.25, 0.3) is 0 Å². The molecular formula is C11H16O3S. The van der Waals surface area contributed by atoms with Crippen molar-refractivity contribution in [3.8, 4) is 0 Å². The number of rotatable bonds is 4. The van der Waals surface area contributed by atoms with Crippen LogP contribution in [0.3, 0.4) is 0 Å². The van der Waals surface area contributed by atoms with Gasteiger partial charge in [0, 0.05) is 6.26 Å². The maximum absolute atomic E-state index is 11.2. The van der Waals surface area contributed by atoms with E-state index in [9.17, 15) is 13.5 Å². The molecule has 0 aliphatic rings. The Balaban J connectivity index is 2.82. The topological polar surface area (TPSA) is 54.4 Å². The van der Waals surface area contributed by atoms with Gasteiger partial charge in [-0.1, -0.05) is 19.1 Å². The van der Waals surface area contributed by atoms with E-state index < -0.39 is 9.84 Å². The summed E-state index contributed by atoms with van der Waals surface area (Å²) in [5.74, 6) is 0. The molecule has 0 bridgehead atoms. The summed E-state index contributed by atoms with van der Waals surface area (Å²) in [6.07, 6.45) is 2.10. The third kappa shape index (κ3) is 3.64. The summed E-state index contributed by atoms with van der Waals surface area (Å²) in [7, 11) is -3.12. The minimum absolute atomic E-state index is 0.317. The molecule has 0 heterocycles. The molecular weight excluding hydrogens is 212 g/mol. The lowest BCUT2D eigenvalue weighted by atomic mass is 10.1. The largest absolute Gasteiger partial charge is 0.393 e. The molecule has 0 saturated carbocycles. The monoisotopic (exact) mass is 228 g/mol. The van der Waals surface area contributed by atoms with Gasteiger partial charge in [0.1, 0.15) is 0 Å². The molecule has 1 unspecified atom stereocenters. The maximum atomic E-state index is 11.2. The van der Waals surface area contributed by atoms with E-state index in [0.29, 0.717) is 17.7 Å². The minimum Gasteiger partial charge on any atom is -0.393 e. The van der Waals surface area contributed by atoms with Gasteiger partial charge in [-0.15, -0.1) is 0 Å². The third-order valence-corrected chi connectivity index (χ3v) is 3.42. The highest BCUT2D eigenvalue weighted by Gasteiger charge is 2.07. The average Bonchev–Trinajstić information content (AvgIpc) is 2.17. The normalized spacial score (nSPS) is 13.8. The standard InChI is InChI=1S/C11H16O3S/c1-3-10(12)8-9-4-6-11(7-5-9)15(2,13)14/h4-7,10,12H,3,8H2,1-2H3. The van der Waals surface area contributed by atoms with Crippen molar-refractivity contribution in [1.82, 2.24) is 0 Å². The van der Waals surface area contributed by atoms with Crippen LogP contribution in [0, 0.1) is 0 Å². The summed E-state index contributed by atoms with van der Waals surface area (Å²) < 4.78 is 22.3. The van der Waals surface area contributed by atoms with E-state index in [0.717, 1.165) is 5.56 Å². The Morgan fingerprint density at radius 2 is 1.80 bits per heavy atom. The molecule has 0 aromatic heterocycles. The first-order valence-electron chi connectivity index (χ1n) is 4.90. The fourth-order valence-electron chi connectivity index (χ4n) is 1.29. The van der Waals surface area contributed by atoms with Crippen LogP contribution in [-0.2, 0) is 16.3 Å². The van der Waals surface area contributed by atoms with Crippen molar-refractivity contribution in [1.29, 1.82) is 0 Å². The zero-order valence-electron chi connectivity index (χ0n) is 8.97. The summed E-state index contributed by atoms with van der Waals surface area (Å²) in [5.41, 5.74) is 0.955. The van der Waals surface area contributed by atoms with Crippen molar-refractivity contribution in [2.24, 2.45) is 0 Å². The molecule has 0 spiro atoms. The first kappa shape index (κ1) is 12.2. The first-order valence-corrected chi connectivity index (χ1v) is 6.79. The Morgan fingerprint density at radius 1 is 1.27 bits per heavy atom. The van der Waals surface area contributed by atoms with Gasteiger partial charge in [0.05, 0.1) is 11.0 Å². The lowest BCUT2D eigenvalue weighted by molar-refractivity contribution is 0.171. The van der Waals surface area contributed by atoms with E-state index in [1.54, 1.807) is 24.3 Å². The van der Waals surface area contributed by atoms with Crippen molar-refractivity contribution < 1.29 is 13.5 Å². The number of aliphatic hydroxyl groups is 1. The highest BCUT2D eigenvalue weighted by Crippen LogP contribution is 2.12. The lowest BCUT2D eigenvalue weighted by Gasteiger charge is -2.07. The molecule has 84 valence electrons. The van der Waals surface area contributed by atoms with Crippen molar-refractivity contribution in [2.45, 2.75) is 30.8 Å². The summed E-state index contributed by atoms with van der Waals surface area (Å²) in [5, 5.41) is 9.42. The number of hydrogen-bond donors (Lipinski definition) is 1. The zero-order valence-corrected chi connectivity index (χ0v) is 9.79. The summed E-state index contributed by atoms with van der Waals surface area (Å²) in [6.45, 7) is 1.91. The summed E-state index contributed by atoms with van der Waals surface area (Å²) in [6, 6.07) is 6.64. The molecule has 1 N–H and O–H groups in total. The number of aliphatic hydroxyl groups excluding tert-OH is 1. The Hall–Kier alpha value is -0.870. The molecule has 0 aliphatic carbocycles. The molecule has 15 heavy (non-hydrogen) atoms. The van der Waals surface area contributed by atoms with E-state index >= 15 is 0 Å². The molecule has 0 aliphatic heterocycles.